The first-order valence-electron chi connectivity index (χ1n) is 25.2. The van der Waals surface area contributed by atoms with Crippen molar-refractivity contribution < 1.29 is 24.0 Å². The van der Waals surface area contributed by atoms with Gasteiger partial charge in [0.2, 0.25) is 17.7 Å². The second-order valence-electron chi connectivity index (χ2n) is 19.1. The number of unbranched alkanes of at least 4 members (excludes halogenated alkanes) is 3. The van der Waals surface area contributed by atoms with Gasteiger partial charge in [-0.1, -0.05) is 69.7 Å². The van der Waals surface area contributed by atoms with Crippen LogP contribution < -0.4 is 39.3 Å². The number of aryl methyl sites for hydroxylation is 1. The summed E-state index contributed by atoms with van der Waals surface area (Å²) in [6.45, 7) is 8.63. The number of Topliss-reactive ketones (excluding diaryl/α,β-unsaturated/α-hetero) is 2. The molecule has 0 aliphatic carbocycles. The number of fused-ring (bicyclic) bond motifs is 3. The van der Waals surface area contributed by atoms with E-state index in [1.54, 1.807) is 4.90 Å². The maximum Gasteiger partial charge on any atom is 0.245 e. The Kier molecular flexibility index (Phi) is 21.4. The number of nitrogens with zero attached hydrogens (tertiary/aromatic N) is 5. The average molecular weight is 951 g/mol. The Labute approximate surface area is 407 Å². The minimum absolute atomic E-state index is 0.0428. The van der Waals surface area contributed by atoms with Gasteiger partial charge < -0.3 is 48.8 Å². The van der Waals surface area contributed by atoms with Gasteiger partial charge in [0.25, 0.3) is 0 Å². The zero-order chi connectivity index (χ0) is 49.9. The summed E-state index contributed by atoms with van der Waals surface area (Å²) in [5.41, 5.74) is 33.4. The van der Waals surface area contributed by atoms with Crippen molar-refractivity contribution in [1.29, 1.82) is 0 Å². The van der Waals surface area contributed by atoms with E-state index >= 15 is 0 Å². The molecular weight excluding hydrogens is 873 g/mol. The lowest BCUT2D eigenvalue weighted by Gasteiger charge is -2.30. The highest BCUT2D eigenvalue weighted by Gasteiger charge is 2.39. The van der Waals surface area contributed by atoms with Gasteiger partial charge >= 0.3 is 0 Å². The minimum Gasteiger partial charge on any atom is -0.382 e. The highest BCUT2D eigenvalue weighted by Crippen LogP contribution is 2.31. The van der Waals surface area contributed by atoms with Crippen molar-refractivity contribution in [2.75, 3.05) is 31.9 Å². The number of likely N-dealkylation sites (tertiary alicyclic amines) is 1. The second-order valence-corrected chi connectivity index (χ2v) is 19.1. The molecule has 1 saturated heterocycles. The number of hydrogen-bond acceptors (Lipinski definition) is 11. The van der Waals surface area contributed by atoms with Crippen molar-refractivity contribution in [3.8, 4) is 0 Å². The number of aromatic nitrogens is 3. The van der Waals surface area contributed by atoms with E-state index in [-0.39, 0.29) is 67.0 Å². The van der Waals surface area contributed by atoms with Crippen LogP contribution in [-0.4, -0.2) is 92.9 Å². The zero-order valence-corrected chi connectivity index (χ0v) is 41.2. The number of anilines is 1. The van der Waals surface area contributed by atoms with Crippen molar-refractivity contribution in [3.05, 3.63) is 65.5 Å². The number of rotatable bonds is 30. The van der Waals surface area contributed by atoms with Crippen LogP contribution in [0, 0.1) is 17.8 Å². The number of hydrogen-bond donors (Lipinski definition) is 7. The van der Waals surface area contributed by atoms with E-state index < -0.39 is 23.9 Å². The molecular formula is C52H78N12O5. The van der Waals surface area contributed by atoms with Gasteiger partial charge in [0.1, 0.15) is 23.2 Å². The molecule has 69 heavy (non-hydrogen) atoms. The number of benzene rings is 2. The van der Waals surface area contributed by atoms with Gasteiger partial charge in [-0.05, 0) is 107 Å². The van der Waals surface area contributed by atoms with Gasteiger partial charge in [-0.15, -0.1) is 0 Å². The van der Waals surface area contributed by atoms with Crippen LogP contribution in [-0.2, 0) is 43.5 Å². The fourth-order valence-electron chi connectivity index (χ4n) is 9.45. The van der Waals surface area contributed by atoms with E-state index in [4.69, 9.17) is 33.7 Å². The molecule has 0 bridgehead atoms. The molecule has 2 aromatic carbocycles. The van der Waals surface area contributed by atoms with E-state index in [1.807, 2.05) is 44.2 Å². The Bertz CT molecular complexity index is 2360. The molecule has 12 N–H and O–H groups in total. The van der Waals surface area contributed by atoms with Crippen molar-refractivity contribution in [1.82, 2.24) is 30.1 Å². The van der Waals surface area contributed by atoms with Crippen LogP contribution in [0.4, 0.5) is 5.82 Å². The maximum atomic E-state index is 14.3. The number of nitrogens with one attached hydrogen (secondary N) is 2. The van der Waals surface area contributed by atoms with Gasteiger partial charge in [0.15, 0.2) is 17.6 Å². The first kappa shape index (κ1) is 54.0. The molecule has 2 aromatic heterocycles. The smallest absolute Gasteiger partial charge is 0.245 e. The monoisotopic (exact) mass is 951 g/mol. The Morgan fingerprint density at radius 3 is 2.29 bits per heavy atom. The molecule has 1 aliphatic heterocycles. The maximum absolute atomic E-state index is 14.3. The van der Waals surface area contributed by atoms with E-state index in [1.165, 1.54) is 0 Å². The average Bonchev–Trinajstić information content (AvgIpc) is 3.97. The lowest BCUT2D eigenvalue weighted by Crippen LogP contribution is -2.52. The van der Waals surface area contributed by atoms with Crippen LogP contribution >= 0.6 is 0 Å². The van der Waals surface area contributed by atoms with Crippen LogP contribution in [0.1, 0.15) is 134 Å². The molecule has 1 fully saturated rings. The topological polar surface area (TPSA) is 286 Å². The number of carbonyl (C=O) groups is 5. The first-order valence-corrected chi connectivity index (χ1v) is 25.2. The summed E-state index contributed by atoms with van der Waals surface area (Å²) >= 11 is 0. The molecule has 1 aliphatic rings. The summed E-state index contributed by atoms with van der Waals surface area (Å²) in [6.07, 6.45) is 8.49. The number of aliphatic imine (C=N–C) groups is 1. The molecule has 0 spiro atoms. The molecule has 3 heterocycles. The normalized spacial score (nSPS) is 15.0. The molecule has 17 heteroatoms. The lowest BCUT2D eigenvalue weighted by atomic mass is 9.82. The SMILES string of the molecule is CCCCc1nc2c(N)nc3ccccc3c2n1Cc1ccc(CNC(=O)C(CCCN=C(N)N)CC(=O)C(CC(=O)C2CCCN2C(=O)C(CCCCN)NC(=O)CCCCN)CC(C)C)cc1. The van der Waals surface area contributed by atoms with Crippen molar-refractivity contribution in [3.63, 3.8) is 0 Å². The Morgan fingerprint density at radius 1 is 0.855 bits per heavy atom. The summed E-state index contributed by atoms with van der Waals surface area (Å²) in [7, 11) is 0. The second kappa shape index (κ2) is 27.3. The molecule has 4 unspecified atom stereocenters. The summed E-state index contributed by atoms with van der Waals surface area (Å²) in [4.78, 5) is 84.7. The van der Waals surface area contributed by atoms with E-state index in [0.29, 0.717) is 108 Å². The molecule has 0 radical (unpaired) electrons. The summed E-state index contributed by atoms with van der Waals surface area (Å²) in [5, 5.41) is 6.99. The molecule has 17 nitrogen and oxygen atoms in total. The predicted octanol–water partition coefficient (Wildman–Crippen LogP) is 5.16. The van der Waals surface area contributed by atoms with Crippen LogP contribution in [0.25, 0.3) is 21.9 Å². The zero-order valence-electron chi connectivity index (χ0n) is 41.2. The standard InChI is InChI=1S/C52H78N12O5/c1-4-5-19-45-62-47-48(39-15-6-7-16-40(39)61-49(47)55)64(45)33-36-23-21-35(22-24-36)32-59-50(68)37(14-12-27-58-52(56)57)30-43(65)38(29-34(2)3)31-44(66)42-18-13-28-63(42)51(69)41(17-8-10-25-53)60-46(67)20-9-11-26-54/h6-7,15-16,21-24,34,37-38,41-42H,4-5,8-14,17-20,25-33,53-54H2,1-3H3,(H2,55,61)(H,59,68)(H,60,67)(H4,56,57,58). The molecule has 0 saturated carbocycles. The number of para-hydroxylation sites is 1. The van der Waals surface area contributed by atoms with E-state index in [0.717, 1.165) is 52.6 Å². The van der Waals surface area contributed by atoms with Gasteiger partial charge in [0, 0.05) is 69.1 Å². The Hall–Kier alpha value is -5.94. The van der Waals surface area contributed by atoms with E-state index in [9.17, 15) is 24.0 Å². The summed E-state index contributed by atoms with van der Waals surface area (Å²) in [6, 6.07) is 14.6. The lowest BCUT2D eigenvalue weighted by molar-refractivity contribution is -0.142. The number of ketones is 2. The molecule has 4 atom stereocenters. The Balaban J connectivity index is 1.27. The third-order valence-electron chi connectivity index (χ3n) is 13.1. The number of imidazole rings is 1. The van der Waals surface area contributed by atoms with Gasteiger partial charge in [-0.2, -0.15) is 0 Å². The van der Waals surface area contributed by atoms with Crippen LogP contribution in [0.15, 0.2) is 53.5 Å². The van der Waals surface area contributed by atoms with Gasteiger partial charge in [-0.25, -0.2) is 9.97 Å². The minimum atomic E-state index is -0.773. The van der Waals surface area contributed by atoms with E-state index in [2.05, 4.69) is 50.3 Å². The van der Waals surface area contributed by atoms with Crippen molar-refractivity contribution in [2.24, 2.45) is 45.7 Å². The highest BCUT2D eigenvalue weighted by molar-refractivity contribution is 6.06. The van der Waals surface area contributed by atoms with Crippen molar-refractivity contribution in [2.45, 2.75) is 149 Å². The van der Waals surface area contributed by atoms with Crippen molar-refractivity contribution >= 4 is 63.0 Å². The summed E-state index contributed by atoms with van der Waals surface area (Å²) < 4.78 is 2.24. The molecule has 376 valence electrons. The van der Waals surface area contributed by atoms with Crippen LogP contribution in [0.3, 0.4) is 0 Å². The number of carbonyl (C=O) groups excluding carboxylic acids is 5. The number of pyridine rings is 1. The molecule has 5 rings (SSSR count). The van der Waals surface area contributed by atoms with Gasteiger partial charge in [0.05, 0.1) is 17.1 Å². The first-order chi connectivity index (χ1) is 33.2. The molecule has 3 amide bonds. The number of nitrogen functional groups attached to an aromatic ring is 1. The third-order valence-corrected chi connectivity index (χ3v) is 13.1. The fourth-order valence-corrected chi connectivity index (χ4v) is 9.45. The van der Waals surface area contributed by atoms with Gasteiger partial charge in [-0.3, -0.25) is 29.0 Å². The molecule has 4 aromatic rings. The fraction of sp³-hybridized carbons (Fsp3) is 0.577. The third kappa shape index (κ3) is 15.8. The largest absolute Gasteiger partial charge is 0.382 e. The van der Waals surface area contributed by atoms with Crippen LogP contribution in [0.2, 0.25) is 0 Å². The summed E-state index contributed by atoms with van der Waals surface area (Å²) in [5.74, 6) is -1.04. The number of nitrogens with two attached hydrogens (primary N) is 5. The predicted molar refractivity (Wildman–Crippen MR) is 274 cm³/mol. The number of amides is 3. The number of guanidine groups is 1. The quantitative estimate of drug-likeness (QED) is 0.0203. The van der Waals surface area contributed by atoms with Crippen LogP contribution in [0.5, 0.6) is 0 Å². The Morgan fingerprint density at radius 2 is 1.58 bits per heavy atom. The highest BCUT2D eigenvalue weighted by atomic mass is 16.2.